The number of primary sulfonamides is 1. The number of benzene rings is 1. The number of nitrogens with zero attached hydrogens (tertiary/aromatic N) is 1. The Hall–Kier alpha value is -1.57. The molecule has 0 radical (unpaired) electrons. The number of hydrogen-bond acceptors (Lipinski definition) is 8. The van der Waals surface area contributed by atoms with Crippen LogP contribution in [-0.4, -0.2) is 67.8 Å². The van der Waals surface area contributed by atoms with Gasteiger partial charge in [0, 0.05) is 31.4 Å². The van der Waals surface area contributed by atoms with Gasteiger partial charge in [0.1, 0.15) is 10.7 Å². The zero-order valence-corrected chi connectivity index (χ0v) is 17.0. The Labute approximate surface area is 166 Å². The van der Waals surface area contributed by atoms with Crippen molar-refractivity contribution in [1.29, 1.82) is 5.41 Å². The summed E-state index contributed by atoms with van der Waals surface area (Å²) in [5.41, 5.74) is 6.03. The summed E-state index contributed by atoms with van der Waals surface area (Å²) in [5.74, 6) is -0.416. The lowest BCUT2D eigenvalue weighted by Crippen LogP contribution is -2.34. The molecule has 1 aromatic rings. The van der Waals surface area contributed by atoms with Gasteiger partial charge in [-0.25, -0.2) is 13.6 Å². The van der Waals surface area contributed by atoms with E-state index in [0.717, 1.165) is 19.5 Å². The first-order valence-corrected chi connectivity index (χ1v) is 11.8. The highest BCUT2D eigenvalue weighted by Gasteiger charge is 2.31. The van der Waals surface area contributed by atoms with E-state index in [1.165, 1.54) is 6.07 Å². The van der Waals surface area contributed by atoms with Crippen LogP contribution in [0.5, 0.6) is 0 Å². The fourth-order valence-corrected chi connectivity index (χ4v) is 6.15. The average Bonchev–Trinajstić information content (AvgIpc) is 3.29. The van der Waals surface area contributed by atoms with Crippen LogP contribution in [0.2, 0.25) is 0 Å². The minimum absolute atomic E-state index is 0.0228. The summed E-state index contributed by atoms with van der Waals surface area (Å²) >= 11 is 0. The van der Waals surface area contributed by atoms with Crippen molar-refractivity contribution in [2.45, 2.75) is 34.8 Å². The maximum Gasteiger partial charge on any atom is 0.240 e. The summed E-state index contributed by atoms with van der Waals surface area (Å²) in [7, 11) is -6.00. The third-order valence-electron chi connectivity index (χ3n) is 4.97. The molecule has 28 heavy (non-hydrogen) atoms. The van der Waals surface area contributed by atoms with Gasteiger partial charge in [0.15, 0.2) is 0 Å². The standard InChI is InChI=1S/C16H26N6O4S2/c17-16(18)14-12(22-6-4-11(23)8-22)1-2-13(15(14)28(19,25)26)27(24)9-21-10-3-5-20-7-10/h1-2,10-11,20-21,23H,3-9H2,(H3,17,18)(H2,19,25,26)/t10-,11-,27?/m1/s1. The number of hydrogen-bond donors (Lipinski definition) is 6. The molecule has 156 valence electrons. The van der Waals surface area contributed by atoms with Crippen molar-refractivity contribution in [3.05, 3.63) is 17.7 Å². The van der Waals surface area contributed by atoms with E-state index in [0.29, 0.717) is 25.2 Å². The van der Waals surface area contributed by atoms with Crippen LogP contribution in [0, 0.1) is 5.41 Å². The number of nitrogens with one attached hydrogen (secondary N) is 3. The maximum atomic E-state index is 12.9. The summed E-state index contributed by atoms with van der Waals surface area (Å²) in [4.78, 5) is 1.39. The summed E-state index contributed by atoms with van der Waals surface area (Å²) in [6, 6.07) is 3.21. The Morgan fingerprint density at radius 1 is 1.43 bits per heavy atom. The fourth-order valence-electron chi connectivity index (χ4n) is 3.60. The van der Waals surface area contributed by atoms with Crippen LogP contribution in [0.15, 0.2) is 21.9 Å². The lowest BCUT2D eigenvalue weighted by molar-refractivity contribution is 0.198. The lowest BCUT2D eigenvalue weighted by Gasteiger charge is -2.24. The molecule has 0 aromatic heterocycles. The molecule has 3 atom stereocenters. The molecule has 0 aliphatic carbocycles. The molecule has 2 saturated heterocycles. The topological polar surface area (TPSA) is 175 Å². The van der Waals surface area contributed by atoms with Gasteiger partial charge in [-0.3, -0.25) is 9.62 Å². The van der Waals surface area contributed by atoms with Gasteiger partial charge >= 0.3 is 0 Å². The first-order valence-electron chi connectivity index (χ1n) is 8.98. The highest BCUT2D eigenvalue weighted by Crippen LogP contribution is 2.33. The molecule has 2 heterocycles. The van der Waals surface area contributed by atoms with E-state index in [2.05, 4.69) is 10.6 Å². The predicted octanol–water partition coefficient (Wildman–Crippen LogP) is -1.79. The Bertz CT molecular complexity index is 885. The molecule has 0 amide bonds. The van der Waals surface area contributed by atoms with Crippen molar-refractivity contribution in [3.63, 3.8) is 0 Å². The van der Waals surface area contributed by atoms with Crippen LogP contribution in [-0.2, 0) is 20.8 Å². The zero-order valence-electron chi connectivity index (χ0n) is 15.3. The number of sulfonamides is 1. The van der Waals surface area contributed by atoms with Crippen LogP contribution in [0.3, 0.4) is 0 Å². The van der Waals surface area contributed by atoms with Gasteiger partial charge in [0.25, 0.3) is 0 Å². The minimum Gasteiger partial charge on any atom is -0.391 e. The summed E-state index contributed by atoms with van der Waals surface area (Å²) in [6.45, 7) is 2.42. The number of rotatable bonds is 7. The van der Waals surface area contributed by atoms with Crippen LogP contribution in [0.4, 0.5) is 5.69 Å². The van der Waals surface area contributed by atoms with E-state index in [9.17, 15) is 17.7 Å². The van der Waals surface area contributed by atoms with Gasteiger partial charge in [-0.15, -0.1) is 0 Å². The van der Waals surface area contributed by atoms with Crippen molar-refractivity contribution in [2.24, 2.45) is 10.9 Å². The number of aliphatic hydroxyl groups is 1. The number of aliphatic hydroxyl groups excluding tert-OH is 1. The summed E-state index contributed by atoms with van der Waals surface area (Å²) in [6.07, 6.45) is 0.874. The molecule has 2 fully saturated rings. The number of amidine groups is 1. The van der Waals surface area contributed by atoms with Gasteiger partial charge in [0.05, 0.1) is 33.2 Å². The second kappa shape index (κ2) is 8.43. The second-order valence-corrected chi connectivity index (χ2v) is 9.94. The van der Waals surface area contributed by atoms with Crippen LogP contribution in [0.25, 0.3) is 0 Å². The number of β-amino-alcohol motifs (C(OH)–C–C–N with tert-alkyl or cyclic N) is 1. The van der Waals surface area contributed by atoms with Gasteiger partial charge in [-0.1, -0.05) is 0 Å². The van der Waals surface area contributed by atoms with E-state index >= 15 is 0 Å². The second-order valence-electron chi connectivity index (χ2n) is 7.02. The van der Waals surface area contributed by atoms with Crippen molar-refractivity contribution in [3.8, 4) is 0 Å². The Kier molecular flexibility index (Phi) is 6.37. The van der Waals surface area contributed by atoms with Crippen LogP contribution < -0.4 is 26.4 Å². The average molecular weight is 431 g/mol. The predicted molar refractivity (Wildman–Crippen MR) is 107 cm³/mol. The molecule has 0 saturated carbocycles. The molecule has 0 spiro atoms. The van der Waals surface area contributed by atoms with E-state index in [4.69, 9.17) is 16.3 Å². The first-order chi connectivity index (χ1) is 13.2. The zero-order chi connectivity index (χ0) is 20.5. The highest BCUT2D eigenvalue weighted by molar-refractivity contribution is 7.91. The summed E-state index contributed by atoms with van der Waals surface area (Å²) in [5, 5.41) is 29.5. The molecule has 8 N–H and O–H groups in total. The lowest BCUT2D eigenvalue weighted by atomic mass is 10.1. The molecule has 1 aromatic carbocycles. The van der Waals surface area contributed by atoms with Gasteiger partial charge in [-0.2, -0.15) is 0 Å². The molecule has 12 heteroatoms. The quantitative estimate of drug-likeness (QED) is 0.217. The number of anilines is 1. The van der Waals surface area contributed by atoms with E-state index in [1.54, 1.807) is 11.0 Å². The Morgan fingerprint density at radius 2 is 2.18 bits per heavy atom. The molecule has 3 rings (SSSR count). The summed E-state index contributed by atoms with van der Waals surface area (Å²) < 4.78 is 37.6. The van der Waals surface area contributed by atoms with E-state index in [-0.39, 0.29) is 27.3 Å². The molecular weight excluding hydrogens is 404 g/mol. The van der Waals surface area contributed by atoms with Gasteiger partial charge < -0.3 is 26.4 Å². The SMILES string of the molecule is N=C(N)c1c(N2CC[C@@H](O)C2)ccc(S(=O)CN[C@@H]2CCNC2)c1S(N)(=O)=O. The largest absolute Gasteiger partial charge is 0.391 e. The molecular formula is C16H26N6O4S2. The molecule has 1 unspecified atom stereocenters. The van der Waals surface area contributed by atoms with Crippen molar-refractivity contribution in [2.75, 3.05) is 37.0 Å². The molecule has 2 aliphatic heterocycles. The highest BCUT2D eigenvalue weighted by atomic mass is 32.2. The normalized spacial score (nSPS) is 23.9. The van der Waals surface area contributed by atoms with Gasteiger partial charge in [0.2, 0.25) is 10.0 Å². The van der Waals surface area contributed by atoms with Crippen molar-refractivity contribution in [1.82, 2.24) is 10.6 Å². The third kappa shape index (κ3) is 4.53. The Balaban J connectivity index is 2.01. The minimum atomic E-state index is -4.30. The maximum absolute atomic E-state index is 12.9. The van der Waals surface area contributed by atoms with E-state index < -0.39 is 32.8 Å². The molecule has 2 aliphatic rings. The third-order valence-corrected chi connectivity index (χ3v) is 7.35. The van der Waals surface area contributed by atoms with Crippen LogP contribution >= 0.6 is 0 Å². The van der Waals surface area contributed by atoms with Crippen LogP contribution in [0.1, 0.15) is 18.4 Å². The van der Waals surface area contributed by atoms with Crippen molar-refractivity contribution >= 4 is 32.3 Å². The molecule has 10 nitrogen and oxygen atoms in total. The number of nitrogens with two attached hydrogens (primary N) is 2. The molecule has 0 bridgehead atoms. The monoisotopic (exact) mass is 430 g/mol. The smallest absolute Gasteiger partial charge is 0.240 e. The Morgan fingerprint density at radius 3 is 2.71 bits per heavy atom. The van der Waals surface area contributed by atoms with E-state index in [1.807, 2.05) is 0 Å². The van der Waals surface area contributed by atoms with Gasteiger partial charge in [-0.05, 0) is 31.5 Å². The fraction of sp³-hybridized carbons (Fsp3) is 0.562. The number of nitrogen functional groups attached to an aromatic ring is 1. The van der Waals surface area contributed by atoms with Crippen molar-refractivity contribution < 1.29 is 17.7 Å². The first kappa shape index (κ1) is 21.1.